The smallest absolute Gasteiger partial charge is 0.265 e. The van der Waals surface area contributed by atoms with Gasteiger partial charge >= 0.3 is 0 Å². The van der Waals surface area contributed by atoms with E-state index in [1.54, 1.807) is 18.9 Å². The van der Waals surface area contributed by atoms with Crippen molar-refractivity contribution >= 4 is 17.0 Å². The van der Waals surface area contributed by atoms with Crippen LogP contribution >= 0.6 is 0 Å². The normalized spacial score (nSPS) is 17.9. The number of amides is 1. The van der Waals surface area contributed by atoms with Gasteiger partial charge in [0.05, 0.1) is 17.8 Å². The molecule has 1 aliphatic heterocycles. The van der Waals surface area contributed by atoms with E-state index >= 15 is 0 Å². The lowest BCUT2D eigenvalue weighted by atomic mass is 10.1. The molecule has 0 N–H and O–H groups in total. The molecule has 0 aromatic carbocycles. The molecule has 7 heteroatoms. The van der Waals surface area contributed by atoms with Crippen LogP contribution in [0.4, 0.5) is 0 Å². The van der Waals surface area contributed by atoms with Crippen LogP contribution in [0.5, 0.6) is 0 Å². The average molecular weight is 305 g/mol. The minimum Gasteiger partial charge on any atom is -0.442 e. The van der Waals surface area contributed by atoms with E-state index in [0.29, 0.717) is 31.0 Å². The number of aryl methyl sites for hydroxylation is 2. The highest BCUT2D eigenvalue weighted by atomic mass is 16.5. The molecule has 7 nitrogen and oxygen atoms in total. The molecule has 1 amide bonds. The van der Waals surface area contributed by atoms with Crippen molar-refractivity contribution in [1.82, 2.24) is 14.5 Å². The number of carbonyl (C=O) groups excluding carboxylic acids is 1. The highest BCUT2D eigenvalue weighted by Gasteiger charge is 2.33. The van der Waals surface area contributed by atoms with Gasteiger partial charge in [0, 0.05) is 20.1 Å². The highest BCUT2D eigenvalue weighted by molar-refractivity contribution is 6.06. The maximum Gasteiger partial charge on any atom is 0.265 e. The van der Waals surface area contributed by atoms with Crippen LogP contribution in [0.1, 0.15) is 30.0 Å². The fourth-order valence-corrected chi connectivity index (χ4v) is 2.79. The molecule has 2 aromatic rings. The molecule has 1 aliphatic rings. The van der Waals surface area contributed by atoms with Gasteiger partial charge in [-0.3, -0.25) is 9.59 Å². The van der Waals surface area contributed by atoms with E-state index in [1.165, 1.54) is 10.9 Å². The van der Waals surface area contributed by atoms with Gasteiger partial charge in [-0.2, -0.15) is 0 Å². The van der Waals surface area contributed by atoms with Crippen molar-refractivity contribution in [3.8, 4) is 0 Å². The standard InChI is InChI=1S/C15H19N3O4/c1-9-10(11-12(22-9)16-8-17(4)13(11)19)14(20)18-5-6-21-15(2,3)7-18/h8H,5-7H2,1-4H3. The van der Waals surface area contributed by atoms with Crippen molar-refractivity contribution in [1.29, 1.82) is 0 Å². The molecule has 0 unspecified atom stereocenters. The first-order chi connectivity index (χ1) is 10.3. The molecule has 0 aliphatic carbocycles. The van der Waals surface area contributed by atoms with Crippen molar-refractivity contribution in [3.05, 3.63) is 28.0 Å². The van der Waals surface area contributed by atoms with Gasteiger partial charge in [0.25, 0.3) is 11.5 Å². The van der Waals surface area contributed by atoms with Gasteiger partial charge in [-0.05, 0) is 20.8 Å². The zero-order chi connectivity index (χ0) is 16.1. The Kier molecular flexibility index (Phi) is 3.32. The number of carbonyl (C=O) groups is 1. The van der Waals surface area contributed by atoms with Crippen LogP contribution in [-0.4, -0.2) is 45.7 Å². The van der Waals surface area contributed by atoms with Crippen molar-refractivity contribution in [2.75, 3.05) is 19.7 Å². The van der Waals surface area contributed by atoms with E-state index in [0.717, 1.165) is 0 Å². The van der Waals surface area contributed by atoms with E-state index < -0.39 is 5.60 Å². The Morgan fingerprint density at radius 1 is 1.41 bits per heavy atom. The Morgan fingerprint density at radius 3 is 2.82 bits per heavy atom. The van der Waals surface area contributed by atoms with Gasteiger partial charge in [-0.1, -0.05) is 0 Å². The van der Waals surface area contributed by atoms with E-state index in [1.807, 2.05) is 13.8 Å². The summed E-state index contributed by atoms with van der Waals surface area (Å²) >= 11 is 0. The summed E-state index contributed by atoms with van der Waals surface area (Å²) in [6.45, 7) is 7.00. The molecule has 2 aromatic heterocycles. The third kappa shape index (κ3) is 2.31. The van der Waals surface area contributed by atoms with Gasteiger partial charge in [0.2, 0.25) is 5.71 Å². The third-order valence-corrected chi connectivity index (χ3v) is 3.87. The second kappa shape index (κ2) is 4.95. The maximum absolute atomic E-state index is 12.9. The first-order valence-electron chi connectivity index (χ1n) is 7.18. The molecule has 0 atom stereocenters. The number of rotatable bonds is 1. The molecular weight excluding hydrogens is 286 g/mol. The topological polar surface area (TPSA) is 77.6 Å². The van der Waals surface area contributed by atoms with Crippen LogP contribution < -0.4 is 5.56 Å². The van der Waals surface area contributed by atoms with Gasteiger partial charge in [0.1, 0.15) is 17.5 Å². The predicted molar refractivity (Wildman–Crippen MR) is 79.9 cm³/mol. The fourth-order valence-electron chi connectivity index (χ4n) is 2.79. The zero-order valence-electron chi connectivity index (χ0n) is 13.2. The highest BCUT2D eigenvalue weighted by Crippen LogP contribution is 2.25. The first-order valence-corrected chi connectivity index (χ1v) is 7.18. The number of hydrogen-bond acceptors (Lipinski definition) is 5. The Morgan fingerprint density at radius 2 is 2.14 bits per heavy atom. The van der Waals surface area contributed by atoms with Crippen molar-refractivity contribution in [3.63, 3.8) is 0 Å². The van der Waals surface area contributed by atoms with Crippen LogP contribution in [-0.2, 0) is 11.8 Å². The molecular formula is C15H19N3O4. The molecule has 118 valence electrons. The first kappa shape index (κ1) is 14.8. The summed E-state index contributed by atoms with van der Waals surface area (Å²) in [6, 6.07) is 0. The Labute approximate surface area is 127 Å². The lowest BCUT2D eigenvalue weighted by Gasteiger charge is -2.38. The van der Waals surface area contributed by atoms with Gasteiger partial charge in [-0.25, -0.2) is 4.98 Å². The molecule has 1 saturated heterocycles. The zero-order valence-corrected chi connectivity index (χ0v) is 13.2. The van der Waals surface area contributed by atoms with Crippen molar-refractivity contribution < 1.29 is 13.9 Å². The molecule has 22 heavy (non-hydrogen) atoms. The molecule has 1 fully saturated rings. The molecule has 0 bridgehead atoms. The van der Waals surface area contributed by atoms with Gasteiger partial charge < -0.3 is 18.6 Å². The maximum atomic E-state index is 12.9. The second-order valence-electron chi connectivity index (χ2n) is 6.21. The lowest BCUT2D eigenvalue weighted by molar-refractivity contribution is -0.0764. The van der Waals surface area contributed by atoms with Gasteiger partial charge in [0.15, 0.2) is 0 Å². The fraction of sp³-hybridized carbons (Fsp3) is 0.533. The van der Waals surface area contributed by atoms with Crippen LogP contribution in [0, 0.1) is 6.92 Å². The van der Waals surface area contributed by atoms with Gasteiger partial charge in [-0.15, -0.1) is 0 Å². The Bertz CT molecular complexity index is 803. The van der Waals surface area contributed by atoms with Crippen LogP contribution in [0.25, 0.3) is 11.1 Å². The number of ether oxygens (including phenoxy) is 1. The quantitative estimate of drug-likeness (QED) is 0.788. The number of nitrogens with zero attached hydrogens (tertiary/aromatic N) is 3. The van der Waals surface area contributed by atoms with E-state index in [2.05, 4.69) is 4.98 Å². The SMILES string of the molecule is Cc1oc2ncn(C)c(=O)c2c1C(=O)N1CCOC(C)(C)C1. The number of fused-ring (bicyclic) bond motifs is 1. The second-order valence-corrected chi connectivity index (χ2v) is 6.21. The number of hydrogen-bond donors (Lipinski definition) is 0. The van der Waals surface area contributed by atoms with E-state index in [9.17, 15) is 9.59 Å². The van der Waals surface area contributed by atoms with Crippen LogP contribution in [0.3, 0.4) is 0 Å². The summed E-state index contributed by atoms with van der Waals surface area (Å²) in [7, 11) is 1.60. The summed E-state index contributed by atoms with van der Waals surface area (Å²) < 4.78 is 12.5. The minimum absolute atomic E-state index is 0.205. The third-order valence-electron chi connectivity index (χ3n) is 3.87. The number of furan rings is 1. The molecule has 0 spiro atoms. The summed E-state index contributed by atoms with van der Waals surface area (Å²) in [5.74, 6) is 0.206. The molecule has 0 saturated carbocycles. The van der Waals surface area contributed by atoms with Crippen LogP contribution in [0.2, 0.25) is 0 Å². The monoisotopic (exact) mass is 305 g/mol. The summed E-state index contributed by atoms with van der Waals surface area (Å²) in [4.78, 5) is 31.0. The average Bonchev–Trinajstić information content (AvgIpc) is 2.78. The van der Waals surface area contributed by atoms with E-state index in [4.69, 9.17) is 9.15 Å². The molecule has 3 rings (SSSR count). The molecule has 3 heterocycles. The number of aromatic nitrogens is 2. The minimum atomic E-state index is -0.398. The van der Waals surface area contributed by atoms with Crippen molar-refractivity contribution in [2.24, 2.45) is 7.05 Å². The summed E-state index contributed by atoms with van der Waals surface area (Å²) in [5.41, 5.74) is -0.166. The summed E-state index contributed by atoms with van der Waals surface area (Å²) in [6.07, 6.45) is 1.39. The Hall–Kier alpha value is -2.15. The molecule has 0 radical (unpaired) electrons. The predicted octanol–water partition coefficient (Wildman–Crippen LogP) is 1.09. The largest absolute Gasteiger partial charge is 0.442 e. The summed E-state index contributed by atoms with van der Waals surface area (Å²) in [5, 5.41) is 0.247. The lowest BCUT2D eigenvalue weighted by Crippen LogP contribution is -2.50. The van der Waals surface area contributed by atoms with Crippen LogP contribution in [0.15, 0.2) is 15.5 Å². The number of morpholine rings is 1. The van der Waals surface area contributed by atoms with Crippen molar-refractivity contribution in [2.45, 2.75) is 26.4 Å². The van der Waals surface area contributed by atoms with E-state index in [-0.39, 0.29) is 22.6 Å². The Balaban J connectivity index is 2.10.